The molecule has 0 unspecified atom stereocenters. The highest BCUT2D eigenvalue weighted by Gasteiger charge is 2.25. The van der Waals surface area contributed by atoms with Crippen molar-refractivity contribution >= 4 is 38.4 Å². The number of carbonyl (C=O) groups is 2. The van der Waals surface area contributed by atoms with E-state index in [4.69, 9.17) is 15.3 Å². The van der Waals surface area contributed by atoms with Crippen LogP contribution in [0.1, 0.15) is 39.8 Å². The van der Waals surface area contributed by atoms with Crippen LogP contribution < -0.4 is 5.32 Å². The summed E-state index contributed by atoms with van der Waals surface area (Å²) in [6.07, 6.45) is -0.0323. The zero-order chi connectivity index (χ0) is 26.8. The van der Waals surface area contributed by atoms with Gasteiger partial charge in [-0.1, -0.05) is 41.7 Å². The second-order valence-corrected chi connectivity index (χ2v) is 10.4. The van der Waals surface area contributed by atoms with Crippen LogP contribution >= 0.6 is 11.3 Å². The van der Waals surface area contributed by atoms with Crippen LogP contribution in [-0.4, -0.2) is 49.3 Å². The van der Waals surface area contributed by atoms with E-state index >= 15 is 0 Å². The van der Waals surface area contributed by atoms with E-state index in [1.807, 2.05) is 18.2 Å². The van der Waals surface area contributed by atoms with Gasteiger partial charge in [-0.3, -0.25) is 10.1 Å². The number of esters is 1. The quantitative estimate of drug-likeness (QED) is 0.359. The predicted molar refractivity (Wildman–Crippen MR) is 137 cm³/mol. The van der Waals surface area contributed by atoms with Crippen molar-refractivity contribution in [2.45, 2.75) is 24.7 Å². The normalized spacial score (nSPS) is 10.9. The van der Waals surface area contributed by atoms with Gasteiger partial charge in [0.15, 0.2) is 5.13 Å². The second-order valence-electron chi connectivity index (χ2n) is 7.48. The summed E-state index contributed by atoms with van der Waals surface area (Å²) in [5, 5.41) is 20.5. The van der Waals surface area contributed by atoms with Gasteiger partial charge < -0.3 is 4.74 Å². The lowest BCUT2D eigenvalue weighted by molar-refractivity contribution is 0.0532. The average Bonchev–Trinajstić information content (AvgIpc) is 3.33. The van der Waals surface area contributed by atoms with E-state index in [0.29, 0.717) is 11.3 Å². The first kappa shape index (κ1) is 27.5. The largest absolute Gasteiger partial charge is 0.462 e. The van der Waals surface area contributed by atoms with E-state index in [1.165, 1.54) is 24.3 Å². The molecular formula is C25H23N5O5S2. The van der Waals surface area contributed by atoms with Gasteiger partial charge in [0.1, 0.15) is 4.88 Å². The number of rotatable bonds is 11. The molecule has 1 amide bonds. The van der Waals surface area contributed by atoms with Crippen molar-refractivity contribution in [3.05, 3.63) is 65.0 Å². The van der Waals surface area contributed by atoms with Crippen molar-refractivity contribution in [1.29, 1.82) is 10.5 Å². The minimum atomic E-state index is -3.96. The van der Waals surface area contributed by atoms with Crippen molar-refractivity contribution in [1.82, 2.24) is 9.29 Å². The Kier molecular flexibility index (Phi) is 9.46. The number of thiazole rings is 1. The lowest BCUT2D eigenvalue weighted by atomic mass is 10.1. The molecule has 0 saturated heterocycles. The van der Waals surface area contributed by atoms with Gasteiger partial charge in [-0.05, 0) is 31.2 Å². The molecule has 3 aromatic rings. The Bertz CT molecular complexity index is 1420. The summed E-state index contributed by atoms with van der Waals surface area (Å²) in [7, 11) is -3.96. The lowest BCUT2D eigenvalue weighted by Gasteiger charge is -2.20. The third-order valence-electron chi connectivity index (χ3n) is 5.06. The van der Waals surface area contributed by atoms with Gasteiger partial charge in [-0.2, -0.15) is 14.8 Å². The molecule has 37 heavy (non-hydrogen) atoms. The molecule has 0 aliphatic rings. The van der Waals surface area contributed by atoms with Crippen LogP contribution in [0.3, 0.4) is 0 Å². The molecule has 0 aliphatic carbocycles. The first-order valence-corrected chi connectivity index (χ1v) is 13.5. The molecule has 10 nitrogen and oxygen atoms in total. The summed E-state index contributed by atoms with van der Waals surface area (Å²) in [5.74, 6) is -1.09. The Labute approximate surface area is 218 Å². The van der Waals surface area contributed by atoms with Crippen LogP contribution in [0.2, 0.25) is 0 Å². The monoisotopic (exact) mass is 537 g/mol. The number of amides is 1. The maximum atomic E-state index is 13.0. The van der Waals surface area contributed by atoms with E-state index in [2.05, 4.69) is 10.3 Å². The molecule has 0 radical (unpaired) electrons. The standard InChI is InChI=1S/C25H23N5O5S2/c1-2-35-24(32)22-21(18-8-4-3-5-9-18)28-25(36-22)29-23(31)19-10-12-20(13-11-19)37(33,34)30(16-6-14-26)17-7-15-27/h3-5,8-13H,2,6-7,16-17H2,1H3,(H,28,29,31). The summed E-state index contributed by atoms with van der Waals surface area (Å²) in [4.78, 5) is 29.9. The summed E-state index contributed by atoms with van der Waals surface area (Å²) in [5.41, 5.74) is 1.25. The number of aromatic nitrogens is 1. The van der Waals surface area contributed by atoms with Crippen LogP contribution in [0.5, 0.6) is 0 Å². The van der Waals surface area contributed by atoms with Crippen LogP contribution in [0.25, 0.3) is 11.3 Å². The third kappa shape index (κ3) is 6.77. The van der Waals surface area contributed by atoms with Crippen LogP contribution in [0.4, 0.5) is 5.13 Å². The predicted octanol–water partition coefficient (Wildman–Crippen LogP) is 4.06. The summed E-state index contributed by atoms with van der Waals surface area (Å²) < 4.78 is 32.1. The van der Waals surface area contributed by atoms with Crippen molar-refractivity contribution < 1.29 is 22.7 Å². The Morgan fingerprint density at radius 1 is 1.03 bits per heavy atom. The SMILES string of the molecule is CCOC(=O)c1sc(NC(=O)c2ccc(S(=O)(=O)N(CCC#N)CCC#N)cc2)nc1-c1ccccc1. The number of carbonyl (C=O) groups excluding carboxylic acids is 2. The number of nitrogens with one attached hydrogen (secondary N) is 1. The fourth-order valence-electron chi connectivity index (χ4n) is 3.30. The van der Waals surface area contributed by atoms with Crippen molar-refractivity contribution in [3.8, 4) is 23.4 Å². The number of benzene rings is 2. The van der Waals surface area contributed by atoms with Gasteiger partial charge >= 0.3 is 5.97 Å². The van der Waals surface area contributed by atoms with E-state index in [9.17, 15) is 18.0 Å². The highest BCUT2D eigenvalue weighted by molar-refractivity contribution is 7.89. The Morgan fingerprint density at radius 2 is 1.65 bits per heavy atom. The van der Waals surface area contributed by atoms with Crippen LogP contribution in [0, 0.1) is 22.7 Å². The first-order valence-electron chi connectivity index (χ1n) is 11.2. The number of nitrogens with zero attached hydrogens (tertiary/aromatic N) is 4. The molecule has 0 bridgehead atoms. The van der Waals surface area contributed by atoms with Gasteiger partial charge in [0.2, 0.25) is 10.0 Å². The van der Waals surface area contributed by atoms with E-state index in [0.717, 1.165) is 15.6 Å². The molecule has 0 aliphatic heterocycles. The number of sulfonamides is 1. The Morgan fingerprint density at radius 3 is 2.22 bits per heavy atom. The molecule has 1 N–H and O–H groups in total. The molecule has 3 rings (SSSR count). The lowest BCUT2D eigenvalue weighted by Crippen LogP contribution is -2.32. The number of anilines is 1. The van der Waals surface area contributed by atoms with Gasteiger partial charge in [0.25, 0.3) is 5.91 Å². The van der Waals surface area contributed by atoms with Gasteiger partial charge in [0.05, 0.1) is 29.3 Å². The van der Waals surface area contributed by atoms with Crippen LogP contribution in [-0.2, 0) is 14.8 Å². The molecule has 0 atom stereocenters. The zero-order valence-electron chi connectivity index (χ0n) is 19.9. The zero-order valence-corrected chi connectivity index (χ0v) is 21.5. The molecular weight excluding hydrogens is 514 g/mol. The molecule has 0 saturated carbocycles. The number of ether oxygens (including phenoxy) is 1. The topological polar surface area (TPSA) is 153 Å². The maximum absolute atomic E-state index is 13.0. The summed E-state index contributed by atoms with van der Waals surface area (Å²) in [6.45, 7) is 1.80. The Hall–Kier alpha value is -4.10. The minimum absolute atomic E-state index is 0.0162. The number of nitriles is 2. The van der Waals surface area contributed by atoms with Gasteiger partial charge in [-0.15, -0.1) is 0 Å². The van der Waals surface area contributed by atoms with Crippen molar-refractivity contribution in [2.75, 3.05) is 25.0 Å². The molecule has 2 aromatic carbocycles. The molecule has 0 spiro atoms. The first-order chi connectivity index (χ1) is 17.8. The molecule has 1 aromatic heterocycles. The molecule has 12 heteroatoms. The van der Waals surface area contributed by atoms with Gasteiger partial charge in [0, 0.05) is 37.1 Å². The molecule has 0 fully saturated rings. The van der Waals surface area contributed by atoms with Crippen molar-refractivity contribution in [2.24, 2.45) is 0 Å². The van der Waals surface area contributed by atoms with Crippen molar-refractivity contribution in [3.63, 3.8) is 0 Å². The second kappa shape index (κ2) is 12.7. The Balaban J connectivity index is 1.82. The van der Waals surface area contributed by atoms with E-state index < -0.39 is 21.9 Å². The fourth-order valence-corrected chi connectivity index (χ4v) is 5.62. The van der Waals surface area contributed by atoms with Crippen LogP contribution in [0.15, 0.2) is 59.5 Å². The summed E-state index contributed by atoms with van der Waals surface area (Å²) in [6, 6.07) is 18.1. The summed E-state index contributed by atoms with van der Waals surface area (Å²) >= 11 is 0.979. The van der Waals surface area contributed by atoms with E-state index in [-0.39, 0.29) is 53.0 Å². The number of hydrogen-bond acceptors (Lipinski definition) is 9. The highest BCUT2D eigenvalue weighted by Crippen LogP contribution is 2.32. The molecule has 190 valence electrons. The highest BCUT2D eigenvalue weighted by atomic mass is 32.2. The smallest absolute Gasteiger partial charge is 0.350 e. The third-order valence-corrected chi connectivity index (χ3v) is 7.92. The van der Waals surface area contributed by atoms with Gasteiger partial charge in [-0.25, -0.2) is 18.2 Å². The maximum Gasteiger partial charge on any atom is 0.350 e. The number of hydrogen-bond donors (Lipinski definition) is 1. The average molecular weight is 538 g/mol. The molecule has 1 heterocycles. The van der Waals surface area contributed by atoms with E-state index in [1.54, 1.807) is 31.2 Å². The fraction of sp³-hybridized carbons (Fsp3) is 0.240. The minimum Gasteiger partial charge on any atom is -0.462 e.